The van der Waals surface area contributed by atoms with Crippen molar-refractivity contribution in [3.05, 3.63) is 35.4 Å². The van der Waals surface area contributed by atoms with Crippen LogP contribution in [0.4, 0.5) is 0 Å². The van der Waals surface area contributed by atoms with Crippen molar-refractivity contribution in [1.29, 1.82) is 0 Å². The van der Waals surface area contributed by atoms with Gasteiger partial charge in [0.05, 0.1) is 6.04 Å². The Hall–Kier alpha value is -1.35. The zero-order valence-electron chi connectivity index (χ0n) is 10.7. The zero-order chi connectivity index (χ0) is 12.4. The SMILES string of the molecule is NCCc1ccc(C2=N[C@@H]3CCCC[C@H]3N2)cc1. The van der Waals surface area contributed by atoms with Crippen molar-refractivity contribution in [2.45, 2.75) is 44.2 Å². The molecule has 1 aromatic rings. The molecule has 2 aliphatic rings. The summed E-state index contributed by atoms with van der Waals surface area (Å²) in [5.74, 6) is 1.09. The number of hydrogen-bond donors (Lipinski definition) is 2. The number of rotatable bonds is 3. The first-order valence-corrected chi connectivity index (χ1v) is 7.00. The van der Waals surface area contributed by atoms with Crippen LogP contribution in [0, 0.1) is 0 Å². The largest absolute Gasteiger partial charge is 0.365 e. The predicted octanol–water partition coefficient (Wildman–Crippen LogP) is 1.85. The standard InChI is InChI=1S/C15H21N3/c16-10-9-11-5-7-12(8-6-11)15-17-13-3-1-2-4-14(13)18-15/h5-8,13-14H,1-4,9-10,16H2,(H,17,18)/t13-,14-/m1/s1. The molecule has 0 bridgehead atoms. The van der Waals surface area contributed by atoms with E-state index < -0.39 is 0 Å². The lowest BCUT2D eigenvalue weighted by Gasteiger charge is -2.23. The lowest BCUT2D eigenvalue weighted by Crippen LogP contribution is -2.36. The highest BCUT2D eigenvalue weighted by Gasteiger charge is 2.30. The fraction of sp³-hybridized carbons (Fsp3) is 0.533. The van der Waals surface area contributed by atoms with Gasteiger partial charge in [-0.1, -0.05) is 37.1 Å². The number of fused-ring (bicyclic) bond motifs is 1. The molecule has 0 spiro atoms. The first kappa shape index (κ1) is 11.7. The Kier molecular flexibility index (Phi) is 3.33. The van der Waals surface area contributed by atoms with Gasteiger partial charge in [0.2, 0.25) is 0 Å². The average Bonchev–Trinajstić information content (AvgIpc) is 2.84. The van der Waals surface area contributed by atoms with Gasteiger partial charge in [0, 0.05) is 11.6 Å². The molecule has 0 saturated heterocycles. The van der Waals surface area contributed by atoms with E-state index >= 15 is 0 Å². The van der Waals surface area contributed by atoms with Crippen molar-refractivity contribution < 1.29 is 0 Å². The Labute approximate surface area is 108 Å². The normalized spacial score (nSPS) is 26.4. The molecule has 1 saturated carbocycles. The number of nitrogens with one attached hydrogen (secondary N) is 1. The molecule has 0 radical (unpaired) electrons. The molecule has 0 unspecified atom stereocenters. The van der Waals surface area contributed by atoms with E-state index in [2.05, 4.69) is 29.6 Å². The van der Waals surface area contributed by atoms with E-state index in [1.165, 1.54) is 36.8 Å². The van der Waals surface area contributed by atoms with Gasteiger partial charge in [0.25, 0.3) is 0 Å². The third-order valence-electron chi connectivity index (χ3n) is 4.01. The molecule has 1 aromatic carbocycles. The molecule has 0 amide bonds. The molecule has 3 N–H and O–H groups in total. The van der Waals surface area contributed by atoms with Crippen LogP contribution in [0.15, 0.2) is 29.3 Å². The number of benzene rings is 1. The predicted molar refractivity (Wildman–Crippen MR) is 74.9 cm³/mol. The average molecular weight is 243 g/mol. The molecule has 2 atom stereocenters. The first-order valence-electron chi connectivity index (χ1n) is 7.00. The number of hydrogen-bond acceptors (Lipinski definition) is 3. The van der Waals surface area contributed by atoms with Crippen molar-refractivity contribution >= 4 is 5.84 Å². The van der Waals surface area contributed by atoms with Gasteiger partial charge < -0.3 is 11.1 Å². The minimum atomic E-state index is 0.512. The molecule has 0 aromatic heterocycles. The second kappa shape index (κ2) is 5.11. The third-order valence-corrected chi connectivity index (χ3v) is 4.01. The maximum absolute atomic E-state index is 5.56. The van der Waals surface area contributed by atoms with Crippen LogP contribution in [-0.4, -0.2) is 24.5 Å². The van der Waals surface area contributed by atoms with Gasteiger partial charge in [-0.15, -0.1) is 0 Å². The highest BCUT2D eigenvalue weighted by atomic mass is 15.1. The summed E-state index contributed by atoms with van der Waals surface area (Å²) in [5.41, 5.74) is 8.08. The highest BCUT2D eigenvalue weighted by molar-refractivity contribution is 6.00. The van der Waals surface area contributed by atoms with E-state index in [1.807, 2.05) is 0 Å². The summed E-state index contributed by atoms with van der Waals surface area (Å²) >= 11 is 0. The zero-order valence-corrected chi connectivity index (χ0v) is 10.7. The van der Waals surface area contributed by atoms with Crippen LogP contribution >= 0.6 is 0 Å². The van der Waals surface area contributed by atoms with Gasteiger partial charge in [0.1, 0.15) is 5.84 Å². The molecule has 96 valence electrons. The molecule has 3 heteroatoms. The summed E-state index contributed by atoms with van der Waals surface area (Å²) in [6.45, 7) is 0.711. The van der Waals surface area contributed by atoms with E-state index in [9.17, 15) is 0 Å². The lowest BCUT2D eigenvalue weighted by molar-refractivity contribution is 0.385. The summed E-state index contributed by atoms with van der Waals surface area (Å²) in [4.78, 5) is 4.84. The van der Waals surface area contributed by atoms with Gasteiger partial charge in [-0.05, 0) is 31.4 Å². The van der Waals surface area contributed by atoms with E-state index in [-0.39, 0.29) is 0 Å². The minimum absolute atomic E-state index is 0.512. The smallest absolute Gasteiger partial charge is 0.128 e. The van der Waals surface area contributed by atoms with E-state index in [4.69, 9.17) is 10.7 Å². The van der Waals surface area contributed by atoms with Crippen molar-refractivity contribution in [1.82, 2.24) is 5.32 Å². The quantitative estimate of drug-likeness (QED) is 0.851. The molecule has 18 heavy (non-hydrogen) atoms. The van der Waals surface area contributed by atoms with Gasteiger partial charge in [-0.2, -0.15) is 0 Å². The first-order chi connectivity index (χ1) is 8.86. The number of nitrogens with zero attached hydrogens (tertiary/aromatic N) is 1. The Morgan fingerprint density at radius 2 is 1.94 bits per heavy atom. The van der Waals surface area contributed by atoms with Crippen LogP contribution in [0.3, 0.4) is 0 Å². The van der Waals surface area contributed by atoms with Gasteiger partial charge in [0.15, 0.2) is 0 Å². The molecule has 1 aliphatic heterocycles. The summed E-state index contributed by atoms with van der Waals surface area (Å²) in [5, 5.41) is 3.59. The second-order valence-corrected chi connectivity index (χ2v) is 5.32. The van der Waals surface area contributed by atoms with Crippen LogP contribution in [-0.2, 0) is 6.42 Å². The van der Waals surface area contributed by atoms with E-state index in [1.54, 1.807) is 0 Å². The third kappa shape index (κ3) is 2.27. The van der Waals surface area contributed by atoms with Crippen LogP contribution in [0.1, 0.15) is 36.8 Å². The molecular weight excluding hydrogens is 222 g/mol. The van der Waals surface area contributed by atoms with Crippen molar-refractivity contribution in [3.63, 3.8) is 0 Å². The van der Waals surface area contributed by atoms with Gasteiger partial charge in [-0.25, -0.2) is 0 Å². The van der Waals surface area contributed by atoms with Crippen molar-refractivity contribution in [2.75, 3.05) is 6.54 Å². The summed E-state index contributed by atoms with van der Waals surface area (Å²) in [7, 11) is 0. The Morgan fingerprint density at radius 1 is 1.17 bits per heavy atom. The molecule has 3 rings (SSSR count). The van der Waals surface area contributed by atoms with Crippen molar-refractivity contribution in [3.8, 4) is 0 Å². The maximum atomic E-state index is 5.56. The highest BCUT2D eigenvalue weighted by Crippen LogP contribution is 2.26. The maximum Gasteiger partial charge on any atom is 0.128 e. The van der Waals surface area contributed by atoms with Crippen LogP contribution in [0.25, 0.3) is 0 Å². The van der Waals surface area contributed by atoms with E-state index in [0.29, 0.717) is 18.6 Å². The fourth-order valence-corrected chi connectivity index (χ4v) is 2.97. The van der Waals surface area contributed by atoms with Gasteiger partial charge in [-0.3, -0.25) is 4.99 Å². The number of aliphatic imine (C=N–C) groups is 1. The minimum Gasteiger partial charge on any atom is -0.365 e. The van der Waals surface area contributed by atoms with Crippen LogP contribution in [0.5, 0.6) is 0 Å². The molecule has 1 heterocycles. The second-order valence-electron chi connectivity index (χ2n) is 5.32. The van der Waals surface area contributed by atoms with E-state index in [0.717, 1.165) is 12.3 Å². The lowest BCUT2D eigenvalue weighted by atomic mass is 9.92. The molecule has 1 aliphatic carbocycles. The Bertz CT molecular complexity index is 436. The van der Waals surface area contributed by atoms with Crippen molar-refractivity contribution in [2.24, 2.45) is 10.7 Å². The summed E-state index contributed by atoms with van der Waals surface area (Å²) < 4.78 is 0. The fourth-order valence-electron chi connectivity index (χ4n) is 2.97. The summed E-state index contributed by atoms with van der Waals surface area (Å²) in [6, 6.07) is 9.74. The topological polar surface area (TPSA) is 50.4 Å². The molecule has 3 nitrogen and oxygen atoms in total. The van der Waals surface area contributed by atoms with Crippen LogP contribution < -0.4 is 11.1 Å². The number of amidine groups is 1. The summed E-state index contributed by atoms with van der Waals surface area (Å²) in [6.07, 6.45) is 6.13. The number of nitrogens with two attached hydrogens (primary N) is 1. The Balaban J connectivity index is 1.75. The molecular formula is C15H21N3. The van der Waals surface area contributed by atoms with Gasteiger partial charge >= 0.3 is 0 Å². The van der Waals surface area contributed by atoms with Crippen LogP contribution in [0.2, 0.25) is 0 Å². The monoisotopic (exact) mass is 243 g/mol. The Morgan fingerprint density at radius 3 is 2.67 bits per heavy atom. The molecule has 1 fully saturated rings.